The molecule has 1 aromatic heterocycles. The van der Waals surface area contributed by atoms with Gasteiger partial charge in [0, 0.05) is 36.4 Å². The van der Waals surface area contributed by atoms with E-state index >= 15 is 0 Å². The summed E-state index contributed by atoms with van der Waals surface area (Å²) in [6, 6.07) is 8.51. The summed E-state index contributed by atoms with van der Waals surface area (Å²) in [7, 11) is 2.84. The number of aromatic carboxylic acids is 1. The van der Waals surface area contributed by atoms with Gasteiger partial charge in [0.2, 0.25) is 0 Å². The van der Waals surface area contributed by atoms with Gasteiger partial charge >= 0.3 is 5.97 Å². The van der Waals surface area contributed by atoms with Crippen molar-refractivity contribution in [2.75, 3.05) is 14.2 Å². The molecule has 32 heavy (non-hydrogen) atoms. The van der Waals surface area contributed by atoms with Crippen molar-refractivity contribution in [3.05, 3.63) is 79.3 Å². The average molecular weight is 480 g/mol. The molecule has 1 N–H and O–H groups in total. The van der Waals surface area contributed by atoms with E-state index in [1.165, 1.54) is 44.6 Å². The number of carboxylic acids is 1. The number of aromatic nitrogens is 1. The highest BCUT2D eigenvalue weighted by Gasteiger charge is 2.23. The van der Waals surface area contributed by atoms with Gasteiger partial charge in [-0.2, -0.15) is 0 Å². The zero-order chi connectivity index (χ0) is 23.6. The fraction of sp³-hybridized carbons (Fsp3) is 0.217. The number of rotatable bonds is 7. The summed E-state index contributed by atoms with van der Waals surface area (Å²) in [6.45, 7) is 2.12. The monoisotopic (exact) mass is 479 g/mol. The Morgan fingerprint density at radius 2 is 1.72 bits per heavy atom. The number of pyridine rings is 1. The van der Waals surface area contributed by atoms with Crippen molar-refractivity contribution in [1.82, 2.24) is 4.57 Å². The van der Waals surface area contributed by atoms with E-state index in [1.807, 2.05) is 0 Å². The molecule has 168 valence electrons. The van der Waals surface area contributed by atoms with E-state index in [1.54, 1.807) is 17.6 Å². The quantitative estimate of drug-likeness (QED) is 0.498. The smallest absolute Gasteiger partial charge is 0.341 e. The summed E-state index contributed by atoms with van der Waals surface area (Å²) in [4.78, 5) is 24.8. The number of carboxylic acid groups (broad SMARTS) is 1. The number of hydrogen-bond donors (Lipinski definition) is 1. The molecule has 2 aromatic carbocycles. The Morgan fingerprint density at radius 1 is 1.06 bits per heavy atom. The van der Waals surface area contributed by atoms with Crippen LogP contribution in [0, 0.1) is 5.82 Å². The fourth-order valence-corrected chi connectivity index (χ4v) is 3.88. The Balaban J connectivity index is 2.27. The van der Waals surface area contributed by atoms with E-state index in [9.17, 15) is 19.1 Å². The zero-order valence-electron chi connectivity index (χ0n) is 17.5. The Morgan fingerprint density at radius 3 is 2.28 bits per heavy atom. The predicted molar refractivity (Wildman–Crippen MR) is 121 cm³/mol. The van der Waals surface area contributed by atoms with Crippen molar-refractivity contribution < 1.29 is 23.8 Å². The third kappa shape index (κ3) is 4.45. The predicted octanol–water partition coefficient (Wildman–Crippen LogP) is 5.29. The molecule has 0 saturated carbocycles. The third-order valence-corrected chi connectivity index (χ3v) is 5.78. The molecule has 0 radical (unpaired) electrons. The van der Waals surface area contributed by atoms with E-state index in [4.69, 9.17) is 32.7 Å². The average Bonchev–Trinajstić information content (AvgIpc) is 2.75. The summed E-state index contributed by atoms with van der Waals surface area (Å²) < 4.78 is 26.8. The molecule has 0 amide bonds. The van der Waals surface area contributed by atoms with Gasteiger partial charge in [-0.3, -0.25) is 4.79 Å². The van der Waals surface area contributed by atoms with Crippen molar-refractivity contribution in [2.45, 2.75) is 19.9 Å². The maximum absolute atomic E-state index is 14.8. The summed E-state index contributed by atoms with van der Waals surface area (Å²) in [5.74, 6) is -1.35. The lowest BCUT2D eigenvalue weighted by Crippen LogP contribution is -2.23. The molecular formula is C23H20Cl2FNO5. The molecule has 1 heterocycles. The van der Waals surface area contributed by atoms with Crippen LogP contribution in [0.1, 0.15) is 28.5 Å². The fourth-order valence-electron chi connectivity index (χ4n) is 3.58. The number of methoxy groups -OCH3 is 2. The molecule has 0 bridgehead atoms. The highest BCUT2D eigenvalue weighted by molar-refractivity contribution is 6.42. The SMILES string of the molecule is CCn1c(Cc2cc(OC)c(OC)cc2F)cc(=O)c(C(=O)O)c1-c1ccc(Cl)c(Cl)c1. The van der Waals surface area contributed by atoms with Gasteiger partial charge in [-0.15, -0.1) is 0 Å². The maximum Gasteiger partial charge on any atom is 0.341 e. The van der Waals surface area contributed by atoms with Crippen LogP contribution in [0.15, 0.2) is 41.2 Å². The largest absolute Gasteiger partial charge is 0.493 e. The zero-order valence-corrected chi connectivity index (χ0v) is 19.1. The lowest BCUT2D eigenvalue weighted by molar-refractivity contribution is 0.0695. The molecule has 0 unspecified atom stereocenters. The van der Waals surface area contributed by atoms with Crippen LogP contribution in [0.25, 0.3) is 11.3 Å². The summed E-state index contributed by atoms with van der Waals surface area (Å²) in [5.41, 5.74) is 0.162. The van der Waals surface area contributed by atoms with E-state index in [0.29, 0.717) is 28.6 Å². The molecule has 0 aliphatic carbocycles. The molecule has 3 aromatic rings. The number of halogens is 3. The van der Waals surface area contributed by atoms with Gasteiger partial charge in [-0.25, -0.2) is 9.18 Å². The van der Waals surface area contributed by atoms with Crippen LogP contribution in [0.2, 0.25) is 10.0 Å². The number of carbonyl (C=O) groups is 1. The molecule has 6 nitrogen and oxygen atoms in total. The Kier molecular flexibility index (Phi) is 7.11. The third-order valence-electron chi connectivity index (χ3n) is 5.04. The van der Waals surface area contributed by atoms with Gasteiger partial charge in [0.15, 0.2) is 16.9 Å². The Bertz CT molecular complexity index is 1260. The van der Waals surface area contributed by atoms with Crippen LogP contribution >= 0.6 is 23.2 Å². The number of ether oxygens (including phenoxy) is 2. The second-order valence-electron chi connectivity index (χ2n) is 6.88. The lowest BCUT2D eigenvalue weighted by atomic mass is 10.0. The minimum absolute atomic E-state index is 0.0173. The highest BCUT2D eigenvalue weighted by atomic mass is 35.5. The topological polar surface area (TPSA) is 77.8 Å². The molecule has 9 heteroatoms. The van der Waals surface area contributed by atoms with E-state index in [-0.39, 0.29) is 28.5 Å². The van der Waals surface area contributed by atoms with Crippen LogP contribution in [0.3, 0.4) is 0 Å². The molecule has 0 spiro atoms. The van der Waals surface area contributed by atoms with Crippen molar-refractivity contribution in [2.24, 2.45) is 0 Å². The number of hydrogen-bond acceptors (Lipinski definition) is 4. The van der Waals surface area contributed by atoms with Gasteiger partial charge in [0.05, 0.1) is 30.0 Å². The van der Waals surface area contributed by atoms with Crippen molar-refractivity contribution in [3.63, 3.8) is 0 Å². The molecule has 0 saturated heterocycles. The molecule has 0 aliphatic rings. The molecule has 0 aliphatic heterocycles. The van der Waals surface area contributed by atoms with Gasteiger partial charge in [-0.1, -0.05) is 29.3 Å². The summed E-state index contributed by atoms with van der Waals surface area (Å²) in [5, 5.41) is 10.2. The van der Waals surface area contributed by atoms with Crippen LogP contribution in [-0.4, -0.2) is 29.9 Å². The minimum atomic E-state index is -1.37. The first-order valence-electron chi connectivity index (χ1n) is 9.57. The molecular weight excluding hydrogens is 460 g/mol. The van der Waals surface area contributed by atoms with Crippen molar-refractivity contribution >= 4 is 29.2 Å². The first-order valence-corrected chi connectivity index (χ1v) is 10.3. The van der Waals surface area contributed by atoms with Crippen LogP contribution < -0.4 is 14.9 Å². The Hall–Kier alpha value is -3.03. The molecule has 3 rings (SSSR count). The second-order valence-corrected chi connectivity index (χ2v) is 7.69. The van der Waals surface area contributed by atoms with E-state index < -0.39 is 22.8 Å². The van der Waals surface area contributed by atoms with Crippen LogP contribution in [0.5, 0.6) is 11.5 Å². The van der Waals surface area contributed by atoms with Crippen LogP contribution in [-0.2, 0) is 13.0 Å². The normalized spacial score (nSPS) is 10.8. The first kappa shape index (κ1) is 23.6. The summed E-state index contributed by atoms with van der Waals surface area (Å²) in [6.07, 6.45) is 0.0173. The van der Waals surface area contributed by atoms with Gasteiger partial charge in [0.1, 0.15) is 11.4 Å². The Labute approximate surface area is 193 Å². The van der Waals surface area contributed by atoms with Gasteiger partial charge in [0.25, 0.3) is 0 Å². The van der Waals surface area contributed by atoms with Gasteiger partial charge in [-0.05, 0) is 30.7 Å². The number of benzene rings is 2. The highest BCUT2D eigenvalue weighted by Crippen LogP contribution is 2.33. The van der Waals surface area contributed by atoms with Crippen molar-refractivity contribution in [3.8, 4) is 22.8 Å². The standard InChI is InChI=1S/C23H20Cl2FNO5/c1-4-27-14(7-13-9-19(31-2)20(32-3)11-17(13)26)10-18(28)21(23(29)30)22(27)12-5-6-15(24)16(25)8-12/h5-6,8-11H,4,7H2,1-3H3,(H,29,30). The second kappa shape index (κ2) is 9.63. The molecule has 0 fully saturated rings. The van der Waals surface area contributed by atoms with E-state index in [2.05, 4.69) is 0 Å². The van der Waals surface area contributed by atoms with Crippen LogP contribution in [0.4, 0.5) is 4.39 Å². The summed E-state index contributed by atoms with van der Waals surface area (Å²) >= 11 is 12.1. The van der Waals surface area contributed by atoms with Gasteiger partial charge < -0.3 is 19.1 Å². The van der Waals surface area contributed by atoms with Crippen molar-refractivity contribution in [1.29, 1.82) is 0 Å². The minimum Gasteiger partial charge on any atom is -0.493 e. The maximum atomic E-state index is 14.8. The number of nitrogens with zero attached hydrogens (tertiary/aromatic N) is 1. The van der Waals surface area contributed by atoms with E-state index in [0.717, 1.165) is 0 Å². The molecule has 0 atom stereocenters. The lowest BCUT2D eigenvalue weighted by Gasteiger charge is -2.20. The first-order chi connectivity index (χ1) is 15.2.